The standard InChI is InChI=1S/C11H10F4O2.C9H6F4O2.C7H3BrF4/c1-2-17-10(16)6-7-3-4-8(9(12)5-7)11(13,14)15;10-7-3-5(4-8(14)15)1-2-6(7)9(11,12)13;8-4-1-2-5(6(9)3-4)7(10,11)12/h3-5H,2,6H2,1H3;1-3H,4H2,(H,14,15);1-3H. The normalized spacial score (nSPS) is 11.5. The van der Waals surface area contributed by atoms with Gasteiger partial charge in [0.2, 0.25) is 0 Å². The lowest BCUT2D eigenvalue weighted by molar-refractivity contribution is -0.142. The molecule has 0 aliphatic rings. The van der Waals surface area contributed by atoms with Crippen LogP contribution in [0.5, 0.6) is 0 Å². The van der Waals surface area contributed by atoms with Gasteiger partial charge in [-0.05, 0) is 60.5 Å². The molecule has 0 heterocycles. The van der Waals surface area contributed by atoms with Crippen molar-refractivity contribution in [3.8, 4) is 0 Å². The highest BCUT2D eigenvalue weighted by Crippen LogP contribution is 2.33. The van der Waals surface area contributed by atoms with Crippen LogP contribution < -0.4 is 0 Å². The first-order valence-electron chi connectivity index (χ1n) is 11.7. The van der Waals surface area contributed by atoms with Gasteiger partial charge >= 0.3 is 30.5 Å². The Kier molecular flexibility index (Phi) is 13.8. The van der Waals surface area contributed by atoms with Gasteiger partial charge in [-0.3, -0.25) is 9.59 Å². The van der Waals surface area contributed by atoms with Gasteiger partial charge < -0.3 is 9.84 Å². The van der Waals surface area contributed by atoms with Gasteiger partial charge in [-0.1, -0.05) is 28.1 Å². The van der Waals surface area contributed by atoms with Crippen LogP contribution in [-0.4, -0.2) is 23.7 Å². The van der Waals surface area contributed by atoms with Crippen LogP contribution in [0.15, 0.2) is 59.1 Å². The van der Waals surface area contributed by atoms with Gasteiger partial charge in [0.25, 0.3) is 0 Å². The molecule has 0 saturated carbocycles. The minimum absolute atomic E-state index is 0.00648. The third-order valence-corrected chi connectivity index (χ3v) is 5.42. The molecule has 0 spiro atoms. The predicted octanol–water partition coefficient (Wildman–Crippen LogP) is 9.03. The molecule has 0 saturated heterocycles. The van der Waals surface area contributed by atoms with E-state index in [1.807, 2.05) is 0 Å². The van der Waals surface area contributed by atoms with Gasteiger partial charge in [0, 0.05) is 4.47 Å². The minimum atomic E-state index is -4.76. The van der Waals surface area contributed by atoms with Crippen LogP contribution in [0.3, 0.4) is 0 Å². The van der Waals surface area contributed by atoms with E-state index in [9.17, 15) is 62.3 Å². The molecule has 3 aromatic rings. The molecule has 44 heavy (non-hydrogen) atoms. The van der Waals surface area contributed by atoms with Crippen LogP contribution in [0.1, 0.15) is 34.7 Å². The number of hydrogen-bond donors (Lipinski definition) is 1. The summed E-state index contributed by atoms with van der Waals surface area (Å²) in [5.41, 5.74) is -3.84. The van der Waals surface area contributed by atoms with Crippen molar-refractivity contribution < 1.29 is 72.1 Å². The molecule has 0 aliphatic carbocycles. The highest BCUT2D eigenvalue weighted by atomic mass is 79.9. The first kappa shape index (κ1) is 38.3. The molecule has 0 atom stereocenters. The molecule has 0 amide bonds. The van der Waals surface area contributed by atoms with E-state index < -0.39 is 71.0 Å². The summed E-state index contributed by atoms with van der Waals surface area (Å²) in [5, 5.41) is 8.34. The maximum Gasteiger partial charge on any atom is 0.419 e. The molecule has 0 radical (unpaired) electrons. The lowest BCUT2D eigenvalue weighted by atomic mass is 10.1. The lowest BCUT2D eigenvalue weighted by Crippen LogP contribution is -2.11. The molecule has 242 valence electrons. The summed E-state index contributed by atoms with van der Waals surface area (Å²) in [5.74, 6) is -5.95. The number of carboxylic acids is 1. The zero-order chi connectivity index (χ0) is 34.0. The van der Waals surface area contributed by atoms with Crippen molar-refractivity contribution in [1.29, 1.82) is 0 Å². The van der Waals surface area contributed by atoms with Crippen molar-refractivity contribution in [2.45, 2.75) is 38.3 Å². The molecule has 3 aromatic carbocycles. The van der Waals surface area contributed by atoms with E-state index in [4.69, 9.17) is 5.11 Å². The molecular formula is C27H19BrF12O4. The Balaban J connectivity index is 0.000000335. The number of esters is 1. The zero-order valence-corrected chi connectivity index (χ0v) is 23.5. The average Bonchev–Trinajstić information content (AvgIpc) is 2.82. The summed E-state index contributed by atoms with van der Waals surface area (Å²) in [6, 6.07) is 7.05. The van der Waals surface area contributed by atoms with Gasteiger partial charge in [0.05, 0.1) is 36.1 Å². The second kappa shape index (κ2) is 15.8. The average molecular weight is 715 g/mol. The quantitative estimate of drug-likeness (QED) is 0.212. The molecule has 4 nitrogen and oxygen atoms in total. The maximum atomic E-state index is 13.1. The lowest BCUT2D eigenvalue weighted by Gasteiger charge is -2.09. The number of benzene rings is 3. The van der Waals surface area contributed by atoms with E-state index >= 15 is 0 Å². The Bertz CT molecular complexity index is 1430. The molecule has 0 fully saturated rings. The first-order valence-corrected chi connectivity index (χ1v) is 12.5. The highest BCUT2D eigenvalue weighted by molar-refractivity contribution is 9.10. The molecule has 0 unspecified atom stereocenters. The Hall–Kier alpha value is -3.76. The minimum Gasteiger partial charge on any atom is -0.481 e. The second-order valence-electron chi connectivity index (χ2n) is 8.30. The van der Waals surface area contributed by atoms with Crippen LogP contribution >= 0.6 is 15.9 Å². The van der Waals surface area contributed by atoms with Gasteiger partial charge in [-0.2, -0.15) is 39.5 Å². The summed E-state index contributed by atoms with van der Waals surface area (Å²) in [4.78, 5) is 21.3. The van der Waals surface area contributed by atoms with E-state index in [0.29, 0.717) is 30.3 Å². The summed E-state index contributed by atoms with van der Waals surface area (Å²) < 4.78 is 152. The Morgan fingerprint density at radius 3 is 1.34 bits per heavy atom. The van der Waals surface area contributed by atoms with Crippen LogP contribution in [0, 0.1) is 17.5 Å². The molecule has 1 N–H and O–H groups in total. The van der Waals surface area contributed by atoms with Crippen molar-refractivity contribution in [2.75, 3.05) is 6.61 Å². The van der Waals surface area contributed by atoms with Gasteiger partial charge in [0.15, 0.2) is 0 Å². The molecule has 0 aromatic heterocycles. The van der Waals surface area contributed by atoms with E-state index in [0.717, 1.165) is 24.3 Å². The Morgan fingerprint density at radius 2 is 1.02 bits per heavy atom. The van der Waals surface area contributed by atoms with E-state index in [1.54, 1.807) is 6.92 Å². The van der Waals surface area contributed by atoms with Crippen molar-refractivity contribution in [1.82, 2.24) is 0 Å². The fourth-order valence-electron chi connectivity index (χ4n) is 3.07. The van der Waals surface area contributed by atoms with Gasteiger partial charge in [-0.15, -0.1) is 0 Å². The summed E-state index contributed by atoms with van der Waals surface area (Å²) in [7, 11) is 0. The van der Waals surface area contributed by atoms with Crippen LogP contribution in [-0.2, 0) is 45.7 Å². The number of alkyl halides is 9. The molecular weight excluding hydrogens is 696 g/mol. The summed E-state index contributed by atoms with van der Waals surface area (Å²) in [6.07, 6.45) is -14.9. The first-order chi connectivity index (χ1) is 20.1. The Labute approximate surface area is 249 Å². The topological polar surface area (TPSA) is 63.6 Å². The number of aliphatic carboxylic acids is 1. The fraction of sp³-hybridized carbons (Fsp3) is 0.259. The third-order valence-electron chi connectivity index (χ3n) is 4.92. The van der Waals surface area contributed by atoms with Crippen LogP contribution in [0.25, 0.3) is 0 Å². The van der Waals surface area contributed by atoms with Crippen molar-refractivity contribution in [3.05, 3.63) is 104 Å². The van der Waals surface area contributed by atoms with E-state index in [1.165, 1.54) is 0 Å². The van der Waals surface area contributed by atoms with Gasteiger partial charge in [-0.25, -0.2) is 13.2 Å². The van der Waals surface area contributed by atoms with Crippen molar-refractivity contribution >= 4 is 27.9 Å². The molecule has 17 heteroatoms. The molecule has 0 aliphatic heterocycles. The number of carbonyl (C=O) groups excluding carboxylic acids is 1. The van der Waals surface area contributed by atoms with E-state index in [2.05, 4.69) is 20.7 Å². The van der Waals surface area contributed by atoms with Crippen molar-refractivity contribution in [2.24, 2.45) is 0 Å². The van der Waals surface area contributed by atoms with Crippen molar-refractivity contribution in [3.63, 3.8) is 0 Å². The number of carboxylic acid groups (broad SMARTS) is 1. The Morgan fingerprint density at radius 1 is 0.659 bits per heavy atom. The zero-order valence-electron chi connectivity index (χ0n) is 21.9. The largest absolute Gasteiger partial charge is 0.481 e. The van der Waals surface area contributed by atoms with Crippen LogP contribution in [0.2, 0.25) is 0 Å². The third kappa shape index (κ3) is 12.9. The smallest absolute Gasteiger partial charge is 0.419 e. The monoisotopic (exact) mass is 714 g/mol. The molecule has 3 rings (SSSR count). The van der Waals surface area contributed by atoms with E-state index in [-0.39, 0.29) is 28.6 Å². The number of hydrogen-bond acceptors (Lipinski definition) is 3. The second-order valence-corrected chi connectivity index (χ2v) is 9.21. The summed E-state index contributed by atoms with van der Waals surface area (Å²) >= 11 is 2.86. The summed E-state index contributed by atoms with van der Waals surface area (Å²) in [6.45, 7) is 1.77. The number of carbonyl (C=O) groups is 2. The SMILES string of the molecule is CCOC(=O)Cc1ccc(C(F)(F)F)c(F)c1.Fc1cc(Br)ccc1C(F)(F)F.O=C(O)Cc1ccc(C(F)(F)F)c(F)c1. The van der Waals surface area contributed by atoms with Gasteiger partial charge in [0.1, 0.15) is 17.5 Å². The fourth-order valence-corrected chi connectivity index (χ4v) is 3.40. The maximum absolute atomic E-state index is 13.1. The predicted molar refractivity (Wildman–Crippen MR) is 134 cm³/mol. The number of rotatable bonds is 5. The number of halogens is 13. The number of ether oxygens (including phenoxy) is 1. The highest BCUT2D eigenvalue weighted by Gasteiger charge is 2.35. The molecule has 0 bridgehead atoms. The van der Waals surface area contributed by atoms with Crippen LogP contribution in [0.4, 0.5) is 52.7 Å².